The molecule has 0 spiro atoms. The molecule has 8 heteroatoms. The van der Waals surface area contributed by atoms with Crippen molar-refractivity contribution in [1.29, 1.82) is 0 Å². The van der Waals surface area contributed by atoms with Crippen LogP contribution in [-0.4, -0.2) is 36.4 Å². The summed E-state index contributed by atoms with van der Waals surface area (Å²) < 4.78 is 34.7. The number of amides is 2. The topological polar surface area (TPSA) is 72.6 Å². The van der Waals surface area contributed by atoms with Crippen molar-refractivity contribution < 1.29 is 23.1 Å². The number of likely N-dealkylation sites (tertiary alicyclic amines) is 1. The molecule has 2 aromatic carbocycles. The van der Waals surface area contributed by atoms with Gasteiger partial charge in [-0.3, -0.25) is 9.59 Å². The predicted molar refractivity (Wildman–Crippen MR) is 108 cm³/mol. The Bertz CT molecular complexity index is 930. The summed E-state index contributed by atoms with van der Waals surface area (Å²) in [5, 5.41) is 0. The molecule has 1 heterocycles. The second kappa shape index (κ2) is 8.42. The molecule has 1 saturated heterocycles. The zero-order chi connectivity index (χ0) is 20.4. The molecule has 28 heavy (non-hydrogen) atoms. The number of carbonyl (C=O) groups excluding carboxylic acids is 2. The summed E-state index contributed by atoms with van der Waals surface area (Å²) in [6, 6.07) is 6.98. The standard InChI is InChI=1S/C20H19F2IN2O3/c1-11(26)25-8-12(9-25)10-28-18-6-15(21)5-14(19(18)20(24)27)4-13-2-3-16(23)7-17(13)22/h2-3,5-7,12H,4,8-10H2,1H3,(H2,24,27). The van der Waals surface area contributed by atoms with Gasteiger partial charge in [0.25, 0.3) is 5.91 Å². The lowest BCUT2D eigenvalue weighted by atomic mass is 9.97. The third kappa shape index (κ3) is 4.60. The predicted octanol–water partition coefficient (Wildman–Crippen LogP) is 3.12. The highest BCUT2D eigenvalue weighted by Crippen LogP contribution is 2.28. The lowest BCUT2D eigenvalue weighted by Gasteiger charge is -2.38. The van der Waals surface area contributed by atoms with Gasteiger partial charge < -0.3 is 15.4 Å². The number of halogens is 3. The molecule has 0 saturated carbocycles. The molecule has 0 aliphatic carbocycles. The lowest BCUT2D eigenvalue weighted by Crippen LogP contribution is -2.51. The number of hydrogen-bond acceptors (Lipinski definition) is 3. The normalized spacial score (nSPS) is 13.9. The van der Waals surface area contributed by atoms with E-state index in [0.29, 0.717) is 18.7 Å². The molecule has 0 atom stereocenters. The minimum absolute atomic E-state index is 0.0106. The second-order valence-electron chi connectivity index (χ2n) is 6.82. The maximum atomic E-state index is 14.2. The van der Waals surface area contributed by atoms with E-state index in [-0.39, 0.29) is 41.7 Å². The Morgan fingerprint density at radius 1 is 1.21 bits per heavy atom. The Balaban J connectivity index is 1.82. The van der Waals surface area contributed by atoms with Crippen LogP contribution in [0.5, 0.6) is 5.75 Å². The first-order chi connectivity index (χ1) is 13.2. The first-order valence-corrected chi connectivity index (χ1v) is 9.77. The molecule has 2 aromatic rings. The fraction of sp³-hybridized carbons (Fsp3) is 0.300. The third-order valence-corrected chi connectivity index (χ3v) is 5.34. The maximum Gasteiger partial charge on any atom is 0.252 e. The van der Waals surface area contributed by atoms with Gasteiger partial charge in [0.15, 0.2) is 0 Å². The van der Waals surface area contributed by atoms with E-state index in [1.807, 2.05) is 22.6 Å². The van der Waals surface area contributed by atoms with Crippen molar-refractivity contribution in [3.05, 3.63) is 62.2 Å². The highest BCUT2D eigenvalue weighted by Gasteiger charge is 2.29. The Kier molecular flexibility index (Phi) is 6.17. The molecule has 0 unspecified atom stereocenters. The number of carbonyl (C=O) groups is 2. The summed E-state index contributed by atoms with van der Waals surface area (Å²) in [5.74, 6) is -1.68. The quantitative estimate of drug-likeness (QED) is 0.620. The van der Waals surface area contributed by atoms with Crippen LogP contribution in [0, 0.1) is 21.1 Å². The van der Waals surface area contributed by atoms with Gasteiger partial charge in [0, 0.05) is 42.0 Å². The van der Waals surface area contributed by atoms with Crippen LogP contribution >= 0.6 is 22.6 Å². The molecule has 1 fully saturated rings. The SMILES string of the molecule is CC(=O)N1CC(COc2cc(F)cc(Cc3ccc(I)cc3F)c2C(N)=O)C1. The van der Waals surface area contributed by atoms with Gasteiger partial charge in [-0.25, -0.2) is 8.78 Å². The summed E-state index contributed by atoms with van der Waals surface area (Å²) in [7, 11) is 0. The lowest BCUT2D eigenvalue weighted by molar-refractivity contribution is -0.135. The molecule has 2 amide bonds. The molecule has 0 bridgehead atoms. The number of hydrogen-bond donors (Lipinski definition) is 1. The zero-order valence-corrected chi connectivity index (χ0v) is 17.3. The number of rotatable bonds is 6. The van der Waals surface area contributed by atoms with Gasteiger partial charge in [0.1, 0.15) is 17.4 Å². The molecule has 3 rings (SSSR count). The minimum atomic E-state index is -0.769. The molecule has 1 aliphatic rings. The number of nitrogens with zero attached hydrogens (tertiary/aromatic N) is 1. The average molecular weight is 500 g/mol. The van der Waals surface area contributed by atoms with Crippen molar-refractivity contribution in [3.8, 4) is 5.75 Å². The van der Waals surface area contributed by atoms with Crippen molar-refractivity contribution in [1.82, 2.24) is 4.90 Å². The van der Waals surface area contributed by atoms with Crippen molar-refractivity contribution in [2.24, 2.45) is 11.7 Å². The van der Waals surface area contributed by atoms with Crippen LogP contribution in [0.25, 0.3) is 0 Å². The summed E-state index contributed by atoms with van der Waals surface area (Å²) in [6.45, 7) is 2.82. The second-order valence-corrected chi connectivity index (χ2v) is 8.06. The van der Waals surface area contributed by atoms with E-state index in [1.54, 1.807) is 17.0 Å². The molecule has 0 aromatic heterocycles. The van der Waals surface area contributed by atoms with Crippen molar-refractivity contribution in [3.63, 3.8) is 0 Å². The molecular formula is C20H19F2IN2O3. The van der Waals surface area contributed by atoms with E-state index in [0.717, 1.165) is 9.64 Å². The smallest absolute Gasteiger partial charge is 0.252 e. The van der Waals surface area contributed by atoms with Crippen LogP contribution < -0.4 is 10.5 Å². The van der Waals surface area contributed by atoms with Crippen LogP contribution in [0.4, 0.5) is 8.78 Å². The van der Waals surface area contributed by atoms with E-state index in [4.69, 9.17) is 10.5 Å². The fourth-order valence-corrected chi connectivity index (χ4v) is 3.63. The minimum Gasteiger partial charge on any atom is -0.492 e. The van der Waals surface area contributed by atoms with Crippen LogP contribution in [-0.2, 0) is 11.2 Å². The molecule has 0 radical (unpaired) electrons. The Morgan fingerprint density at radius 3 is 2.54 bits per heavy atom. The molecule has 2 N–H and O–H groups in total. The van der Waals surface area contributed by atoms with Crippen LogP contribution in [0.15, 0.2) is 30.3 Å². The van der Waals surface area contributed by atoms with Gasteiger partial charge in [-0.1, -0.05) is 6.07 Å². The summed E-state index contributed by atoms with van der Waals surface area (Å²) >= 11 is 1.99. The van der Waals surface area contributed by atoms with Gasteiger partial charge in [0.05, 0.1) is 12.2 Å². The summed E-state index contributed by atoms with van der Waals surface area (Å²) in [6.07, 6.45) is 0.0106. The van der Waals surface area contributed by atoms with Crippen molar-refractivity contribution in [2.75, 3.05) is 19.7 Å². The molecule has 1 aliphatic heterocycles. The number of benzene rings is 2. The van der Waals surface area contributed by atoms with E-state index < -0.39 is 17.5 Å². The van der Waals surface area contributed by atoms with Gasteiger partial charge in [0.2, 0.25) is 5.91 Å². The highest BCUT2D eigenvalue weighted by atomic mass is 127. The summed E-state index contributed by atoms with van der Waals surface area (Å²) in [4.78, 5) is 24.9. The van der Waals surface area contributed by atoms with Crippen LogP contribution in [0.1, 0.15) is 28.4 Å². The van der Waals surface area contributed by atoms with Crippen molar-refractivity contribution in [2.45, 2.75) is 13.3 Å². The average Bonchev–Trinajstić information content (AvgIpc) is 2.55. The first-order valence-electron chi connectivity index (χ1n) is 8.69. The van der Waals surface area contributed by atoms with Crippen LogP contribution in [0.3, 0.4) is 0 Å². The van der Waals surface area contributed by atoms with E-state index in [1.165, 1.54) is 19.1 Å². The largest absolute Gasteiger partial charge is 0.492 e. The van der Waals surface area contributed by atoms with E-state index in [2.05, 4.69) is 0 Å². The summed E-state index contributed by atoms with van der Waals surface area (Å²) in [5.41, 5.74) is 6.14. The molecular weight excluding hydrogens is 481 g/mol. The number of ether oxygens (including phenoxy) is 1. The van der Waals surface area contributed by atoms with E-state index in [9.17, 15) is 18.4 Å². The Hall–Kier alpha value is -2.23. The molecule has 148 valence electrons. The maximum absolute atomic E-state index is 14.2. The van der Waals surface area contributed by atoms with Gasteiger partial charge in [-0.05, 0) is 51.9 Å². The van der Waals surface area contributed by atoms with E-state index >= 15 is 0 Å². The van der Waals surface area contributed by atoms with Gasteiger partial charge >= 0.3 is 0 Å². The molecule has 5 nitrogen and oxygen atoms in total. The van der Waals surface area contributed by atoms with Gasteiger partial charge in [-0.2, -0.15) is 0 Å². The third-order valence-electron chi connectivity index (χ3n) is 4.67. The Morgan fingerprint density at radius 2 is 1.93 bits per heavy atom. The van der Waals surface area contributed by atoms with Crippen LogP contribution in [0.2, 0.25) is 0 Å². The zero-order valence-electron chi connectivity index (χ0n) is 15.2. The van der Waals surface area contributed by atoms with Crippen molar-refractivity contribution >= 4 is 34.4 Å². The number of nitrogens with two attached hydrogens (primary N) is 1. The first kappa shape index (κ1) is 20.5. The fourth-order valence-electron chi connectivity index (χ4n) is 3.18. The number of primary amides is 1. The highest BCUT2D eigenvalue weighted by molar-refractivity contribution is 14.1. The monoisotopic (exact) mass is 500 g/mol. The Labute approximate surface area is 175 Å². The van der Waals surface area contributed by atoms with Gasteiger partial charge in [-0.15, -0.1) is 0 Å².